The van der Waals surface area contributed by atoms with Gasteiger partial charge in [-0.25, -0.2) is 9.79 Å². The van der Waals surface area contributed by atoms with E-state index < -0.39 is 12.0 Å². The number of esters is 1. The Kier molecular flexibility index (Phi) is 6.75. The van der Waals surface area contributed by atoms with Crippen molar-refractivity contribution >= 4 is 23.4 Å². The second kappa shape index (κ2) is 9.89. The quantitative estimate of drug-likeness (QED) is 0.513. The summed E-state index contributed by atoms with van der Waals surface area (Å²) in [7, 11) is 0. The minimum atomic E-state index is -0.650. The molecule has 0 saturated carbocycles. The molecule has 0 saturated heterocycles. The molecule has 0 radical (unpaired) electrons. The molecule has 0 spiro atoms. The van der Waals surface area contributed by atoms with Crippen LogP contribution in [0.2, 0.25) is 0 Å². The number of fused-ring (bicyclic) bond motifs is 1. The van der Waals surface area contributed by atoms with Gasteiger partial charge in [0.05, 0.1) is 28.5 Å². The first kappa shape index (κ1) is 23.2. The van der Waals surface area contributed by atoms with Gasteiger partial charge in [-0.1, -0.05) is 59.4 Å². The minimum absolute atomic E-state index is 0.0956. The predicted molar refractivity (Wildman–Crippen MR) is 129 cm³/mol. The molecule has 0 amide bonds. The van der Waals surface area contributed by atoms with Gasteiger partial charge in [0, 0.05) is 5.56 Å². The van der Waals surface area contributed by atoms with Gasteiger partial charge in [0.15, 0.2) is 11.4 Å². The Morgan fingerprint density at radius 1 is 1.21 bits per heavy atom. The first-order valence-electron chi connectivity index (χ1n) is 10.8. The third-order valence-corrected chi connectivity index (χ3v) is 6.39. The van der Waals surface area contributed by atoms with Crippen LogP contribution in [0.1, 0.15) is 36.6 Å². The van der Waals surface area contributed by atoms with E-state index in [2.05, 4.69) is 4.99 Å². The number of carbonyl (C=O) groups is 1. The zero-order chi connectivity index (χ0) is 24.2. The van der Waals surface area contributed by atoms with E-state index in [0.29, 0.717) is 31.9 Å². The van der Waals surface area contributed by atoms with Crippen molar-refractivity contribution in [3.63, 3.8) is 0 Å². The maximum atomic E-state index is 13.6. The van der Waals surface area contributed by atoms with Crippen LogP contribution < -0.4 is 19.6 Å². The number of hydrogen-bond acceptors (Lipinski definition) is 7. The monoisotopic (exact) mass is 473 g/mol. The smallest absolute Gasteiger partial charge is 0.338 e. The molecule has 2 heterocycles. The van der Waals surface area contributed by atoms with Crippen molar-refractivity contribution in [1.82, 2.24) is 4.57 Å². The number of benzene rings is 2. The topological polar surface area (TPSA) is 93.7 Å². The number of ether oxygens (including phenoxy) is 2. The molecule has 0 fully saturated rings. The summed E-state index contributed by atoms with van der Waals surface area (Å²) in [5, 5.41) is 8.86. The van der Waals surface area contributed by atoms with Crippen molar-refractivity contribution in [3.8, 4) is 11.8 Å². The number of carbonyl (C=O) groups excluding carboxylic acids is 1. The third-order valence-electron chi connectivity index (χ3n) is 5.41. The molecule has 1 aliphatic heterocycles. The van der Waals surface area contributed by atoms with Crippen LogP contribution in [0.5, 0.6) is 5.75 Å². The van der Waals surface area contributed by atoms with E-state index in [9.17, 15) is 9.59 Å². The Balaban J connectivity index is 1.93. The second-order valence-corrected chi connectivity index (χ2v) is 8.71. The van der Waals surface area contributed by atoms with Gasteiger partial charge in [-0.3, -0.25) is 9.36 Å². The number of rotatable bonds is 6. The normalized spacial score (nSPS) is 15.4. The van der Waals surface area contributed by atoms with E-state index in [0.717, 1.165) is 11.1 Å². The zero-order valence-electron chi connectivity index (χ0n) is 19.1. The van der Waals surface area contributed by atoms with E-state index in [-0.39, 0.29) is 18.8 Å². The van der Waals surface area contributed by atoms with E-state index in [1.54, 1.807) is 36.6 Å². The molecule has 1 unspecified atom stereocenters. The van der Waals surface area contributed by atoms with Crippen LogP contribution in [0.4, 0.5) is 0 Å². The van der Waals surface area contributed by atoms with Crippen molar-refractivity contribution < 1.29 is 14.3 Å². The number of nitriles is 1. The molecule has 7 nitrogen and oxygen atoms in total. The van der Waals surface area contributed by atoms with Crippen LogP contribution in [-0.2, 0) is 9.53 Å². The highest BCUT2D eigenvalue weighted by atomic mass is 32.1. The Labute approximate surface area is 200 Å². The summed E-state index contributed by atoms with van der Waals surface area (Å²) in [6.07, 6.45) is 1.73. The molecule has 1 aromatic heterocycles. The van der Waals surface area contributed by atoms with Crippen LogP contribution in [0.15, 0.2) is 69.6 Å². The summed E-state index contributed by atoms with van der Waals surface area (Å²) in [6.45, 7) is 5.61. The average Bonchev–Trinajstić information content (AvgIpc) is 3.12. The largest absolute Gasteiger partial charge is 0.478 e. The molecule has 0 bridgehead atoms. The van der Waals surface area contributed by atoms with Gasteiger partial charge >= 0.3 is 5.97 Å². The number of thiazole rings is 1. The summed E-state index contributed by atoms with van der Waals surface area (Å²) in [5.74, 6) is 0.0206. The molecule has 0 N–H and O–H groups in total. The van der Waals surface area contributed by atoms with Gasteiger partial charge in [0.2, 0.25) is 0 Å². The van der Waals surface area contributed by atoms with Crippen LogP contribution in [-0.4, -0.2) is 23.8 Å². The SMILES string of the molecule is CCOC(=O)C1=C(C)N=c2s/c(=C/c3ccccc3OCC#N)c(=O)n2C1c1ccc(C)cc1. The fourth-order valence-corrected chi connectivity index (χ4v) is 4.88. The lowest BCUT2D eigenvalue weighted by molar-refractivity contribution is -0.139. The highest BCUT2D eigenvalue weighted by molar-refractivity contribution is 7.07. The molecule has 1 aliphatic rings. The number of aromatic nitrogens is 1. The molecule has 172 valence electrons. The fraction of sp³-hybridized carbons (Fsp3) is 0.231. The van der Waals surface area contributed by atoms with Crippen LogP contribution >= 0.6 is 11.3 Å². The van der Waals surface area contributed by atoms with E-state index in [1.807, 2.05) is 49.4 Å². The second-order valence-electron chi connectivity index (χ2n) is 7.70. The van der Waals surface area contributed by atoms with Crippen molar-refractivity contribution in [2.75, 3.05) is 13.2 Å². The van der Waals surface area contributed by atoms with Crippen molar-refractivity contribution in [3.05, 3.63) is 96.2 Å². The number of hydrogen-bond donors (Lipinski definition) is 0. The van der Waals surface area contributed by atoms with E-state index >= 15 is 0 Å². The molecule has 34 heavy (non-hydrogen) atoms. The highest BCUT2D eigenvalue weighted by Crippen LogP contribution is 2.30. The van der Waals surface area contributed by atoms with E-state index in [4.69, 9.17) is 14.7 Å². The van der Waals surface area contributed by atoms with Gasteiger partial charge in [-0.05, 0) is 38.5 Å². The molecule has 0 aliphatic carbocycles. The molecule has 8 heteroatoms. The number of nitrogens with zero attached hydrogens (tertiary/aromatic N) is 3. The highest BCUT2D eigenvalue weighted by Gasteiger charge is 2.33. The first-order chi connectivity index (χ1) is 16.4. The first-order valence-corrected chi connectivity index (χ1v) is 11.6. The number of aryl methyl sites for hydroxylation is 1. The molecular formula is C26H23N3O4S. The zero-order valence-corrected chi connectivity index (χ0v) is 19.9. The number of allylic oxidation sites excluding steroid dienone is 1. The summed E-state index contributed by atoms with van der Waals surface area (Å²) in [4.78, 5) is 31.6. The van der Waals surface area contributed by atoms with Crippen molar-refractivity contribution in [1.29, 1.82) is 5.26 Å². The maximum absolute atomic E-state index is 13.6. The summed E-state index contributed by atoms with van der Waals surface area (Å²) in [5.41, 5.74) is 3.16. The van der Waals surface area contributed by atoms with Crippen molar-refractivity contribution in [2.45, 2.75) is 26.8 Å². The average molecular weight is 474 g/mol. The van der Waals surface area contributed by atoms with Crippen LogP contribution in [0.25, 0.3) is 6.08 Å². The number of para-hydroxylation sites is 1. The standard InChI is InChI=1S/C26H23N3O4S/c1-4-32-25(31)22-17(3)28-26-29(23(22)18-11-9-16(2)10-12-18)24(30)21(34-26)15-19-7-5-6-8-20(19)33-14-13-27/h5-12,15,23H,4,14H2,1-3H3/b21-15+. The van der Waals surface area contributed by atoms with Gasteiger partial charge < -0.3 is 9.47 Å². The lowest BCUT2D eigenvalue weighted by Crippen LogP contribution is -2.39. The van der Waals surface area contributed by atoms with Gasteiger partial charge in [0.25, 0.3) is 5.56 Å². The van der Waals surface area contributed by atoms with E-state index in [1.165, 1.54) is 11.3 Å². The summed E-state index contributed by atoms with van der Waals surface area (Å²) >= 11 is 1.24. The summed E-state index contributed by atoms with van der Waals surface area (Å²) < 4.78 is 12.8. The van der Waals surface area contributed by atoms with Gasteiger partial charge in [0.1, 0.15) is 11.8 Å². The molecular weight excluding hydrogens is 450 g/mol. The molecule has 3 aromatic rings. The third kappa shape index (κ3) is 4.43. The van der Waals surface area contributed by atoms with Gasteiger partial charge in [-0.15, -0.1) is 0 Å². The Morgan fingerprint density at radius 3 is 2.65 bits per heavy atom. The van der Waals surface area contributed by atoms with Gasteiger partial charge in [-0.2, -0.15) is 5.26 Å². The van der Waals surface area contributed by atoms with Crippen LogP contribution in [0, 0.1) is 18.3 Å². The molecule has 4 rings (SSSR count). The van der Waals surface area contributed by atoms with Crippen molar-refractivity contribution in [2.24, 2.45) is 4.99 Å². The lowest BCUT2D eigenvalue weighted by atomic mass is 9.95. The molecule has 1 atom stereocenters. The fourth-order valence-electron chi connectivity index (χ4n) is 3.84. The lowest BCUT2D eigenvalue weighted by Gasteiger charge is -2.24. The Hall–Kier alpha value is -3.96. The molecule has 2 aromatic carbocycles. The predicted octanol–water partition coefficient (Wildman–Crippen LogP) is 3.01. The maximum Gasteiger partial charge on any atom is 0.338 e. The Morgan fingerprint density at radius 2 is 1.94 bits per heavy atom. The Bertz CT molecular complexity index is 1490. The minimum Gasteiger partial charge on any atom is -0.478 e. The summed E-state index contributed by atoms with van der Waals surface area (Å²) in [6, 6.07) is 16.2. The van der Waals surface area contributed by atoms with Crippen LogP contribution in [0.3, 0.4) is 0 Å².